The molecule has 9 heteroatoms. The summed E-state index contributed by atoms with van der Waals surface area (Å²) in [5.41, 5.74) is 2.78. The number of hydrogen-bond acceptors (Lipinski definition) is 4. The van der Waals surface area contributed by atoms with Gasteiger partial charge in [0.2, 0.25) is 0 Å². The van der Waals surface area contributed by atoms with Gasteiger partial charge in [-0.1, -0.05) is 35.3 Å². The van der Waals surface area contributed by atoms with Gasteiger partial charge in [-0.3, -0.25) is 4.98 Å². The van der Waals surface area contributed by atoms with E-state index in [1.807, 2.05) is 6.07 Å². The van der Waals surface area contributed by atoms with Crippen molar-refractivity contribution in [2.45, 2.75) is 5.92 Å². The molecule has 4 rings (SSSR count). The normalized spacial score (nSPS) is 15.4. The smallest absolute Gasteiger partial charge is 0.306 e. The van der Waals surface area contributed by atoms with Gasteiger partial charge in [0.05, 0.1) is 39.5 Å². The van der Waals surface area contributed by atoms with Crippen LogP contribution in [0.1, 0.15) is 22.7 Å². The number of rotatable bonds is 3. The molecule has 0 saturated carbocycles. The number of nitriles is 1. The van der Waals surface area contributed by atoms with Crippen molar-refractivity contribution in [3.05, 3.63) is 93.5 Å². The van der Waals surface area contributed by atoms with Gasteiger partial charge in [-0.15, -0.1) is 0 Å². The van der Waals surface area contributed by atoms with E-state index in [9.17, 15) is 9.18 Å². The quantitative estimate of drug-likeness (QED) is 0.573. The molecular weight excluding hydrogens is 440 g/mol. The maximum atomic E-state index is 13.4. The summed E-state index contributed by atoms with van der Waals surface area (Å²) in [6.07, 6.45) is 1.47. The van der Waals surface area contributed by atoms with Crippen LogP contribution in [0.15, 0.2) is 65.9 Å². The molecule has 1 aliphatic rings. The lowest BCUT2D eigenvalue weighted by molar-refractivity contribution is 0.218. The SMILES string of the molecule is N#Cc1ccc(C2CN(C(=O)Nc3ccc(Cl)c(Cl)c3)N=C2c2ccc(F)cc2)nc1. The molecule has 1 N–H and O–H groups in total. The Kier molecular flexibility index (Phi) is 5.85. The first kappa shape index (κ1) is 20.8. The molecule has 31 heavy (non-hydrogen) atoms. The largest absolute Gasteiger partial charge is 0.342 e. The number of pyridine rings is 1. The fraction of sp³-hybridized carbons (Fsp3) is 0.0909. The van der Waals surface area contributed by atoms with Crippen LogP contribution in [0.2, 0.25) is 10.0 Å². The highest BCUT2D eigenvalue weighted by Gasteiger charge is 2.33. The zero-order valence-electron chi connectivity index (χ0n) is 15.9. The molecule has 2 aromatic carbocycles. The van der Waals surface area contributed by atoms with Gasteiger partial charge >= 0.3 is 6.03 Å². The van der Waals surface area contributed by atoms with Crippen molar-refractivity contribution in [1.82, 2.24) is 9.99 Å². The topological polar surface area (TPSA) is 81.4 Å². The van der Waals surface area contributed by atoms with E-state index in [4.69, 9.17) is 28.5 Å². The van der Waals surface area contributed by atoms with E-state index in [1.165, 1.54) is 23.3 Å². The molecule has 154 valence electrons. The molecule has 2 amide bonds. The van der Waals surface area contributed by atoms with Crippen molar-refractivity contribution in [1.29, 1.82) is 5.26 Å². The third-order valence-corrected chi connectivity index (χ3v) is 5.47. The lowest BCUT2D eigenvalue weighted by Gasteiger charge is -2.15. The minimum absolute atomic E-state index is 0.221. The van der Waals surface area contributed by atoms with Crippen LogP contribution >= 0.6 is 23.2 Å². The number of nitrogens with zero attached hydrogens (tertiary/aromatic N) is 4. The van der Waals surface area contributed by atoms with Crippen molar-refractivity contribution in [3.8, 4) is 6.07 Å². The van der Waals surface area contributed by atoms with E-state index >= 15 is 0 Å². The Hall–Kier alpha value is -3.47. The number of amides is 2. The summed E-state index contributed by atoms with van der Waals surface area (Å²) in [6.45, 7) is 0.221. The summed E-state index contributed by atoms with van der Waals surface area (Å²) in [5.74, 6) is -0.720. The molecule has 2 heterocycles. The number of urea groups is 1. The van der Waals surface area contributed by atoms with Crippen molar-refractivity contribution >= 4 is 40.6 Å². The molecule has 1 unspecified atom stereocenters. The molecule has 0 bridgehead atoms. The standard InChI is InChI=1S/C22H14Cl2FN5O/c23-18-7-6-16(9-19(18)24)28-22(31)30-12-17(20-8-1-13(10-26)11-27-20)21(29-30)14-2-4-15(25)5-3-14/h1-9,11,17H,12H2,(H,28,31). The number of nitrogens with one attached hydrogen (secondary N) is 1. The van der Waals surface area contributed by atoms with E-state index in [0.717, 1.165) is 0 Å². The molecule has 0 spiro atoms. The van der Waals surface area contributed by atoms with Crippen molar-refractivity contribution < 1.29 is 9.18 Å². The highest BCUT2D eigenvalue weighted by molar-refractivity contribution is 6.42. The number of carbonyl (C=O) groups is 1. The van der Waals surface area contributed by atoms with Crippen molar-refractivity contribution in [3.63, 3.8) is 0 Å². The summed E-state index contributed by atoms with van der Waals surface area (Å²) in [6, 6.07) is 15.6. The van der Waals surface area contributed by atoms with Crippen molar-refractivity contribution in [2.24, 2.45) is 5.10 Å². The van der Waals surface area contributed by atoms with E-state index in [0.29, 0.717) is 38.3 Å². The summed E-state index contributed by atoms with van der Waals surface area (Å²) in [7, 11) is 0. The van der Waals surface area contributed by atoms with E-state index < -0.39 is 6.03 Å². The van der Waals surface area contributed by atoms with Gasteiger partial charge in [0.1, 0.15) is 11.9 Å². The number of hydrogen-bond donors (Lipinski definition) is 1. The van der Waals surface area contributed by atoms with Gasteiger partial charge in [-0.25, -0.2) is 14.2 Å². The zero-order chi connectivity index (χ0) is 22.0. The second-order valence-electron chi connectivity index (χ2n) is 6.77. The van der Waals surface area contributed by atoms with Crippen LogP contribution in [-0.2, 0) is 0 Å². The van der Waals surface area contributed by atoms with Crippen LogP contribution in [-0.4, -0.2) is 28.3 Å². The fourth-order valence-corrected chi connectivity index (χ4v) is 3.48. The van der Waals surface area contributed by atoms with Crippen LogP contribution in [0.3, 0.4) is 0 Å². The lowest BCUT2D eigenvalue weighted by Crippen LogP contribution is -2.30. The number of anilines is 1. The van der Waals surface area contributed by atoms with Crippen LogP contribution in [0.4, 0.5) is 14.9 Å². The molecule has 1 aromatic heterocycles. The lowest BCUT2D eigenvalue weighted by atomic mass is 9.94. The van der Waals surface area contributed by atoms with Gasteiger partial charge < -0.3 is 5.32 Å². The van der Waals surface area contributed by atoms with Crippen LogP contribution in [0, 0.1) is 17.1 Å². The predicted molar refractivity (Wildman–Crippen MR) is 117 cm³/mol. The van der Waals surface area contributed by atoms with E-state index in [-0.39, 0.29) is 18.3 Å². The molecule has 3 aromatic rings. The minimum atomic E-state index is -0.464. The first-order chi connectivity index (χ1) is 14.9. The van der Waals surface area contributed by atoms with Crippen LogP contribution < -0.4 is 5.32 Å². The third-order valence-electron chi connectivity index (χ3n) is 4.73. The second kappa shape index (κ2) is 8.72. The molecule has 1 aliphatic heterocycles. The second-order valence-corrected chi connectivity index (χ2v) is 7.58. The van der Waals surface area contributed by atoms with Gasteiger partial charge in [0.15, 0.2) is 0 Å². The third kappa shape index (κ3) is 4.50. The number of hydrazone groups is 1. The molecule has 0 radical (unpaired) electrons. The first-order valence-corrected chi connectivity index (χ1v) is 9.94. The summed E-state index contributed by atoms with van der Waals surface area (Å²) in [4.78, 5) is 17.2. The Labute approximate surface area is 187 Å². The maximum Gasteiger partial charge on any atom is 0.342 e. The Bertz CT molecular complexity index is 1210. The van der Waals surface area contributed by atoms with E-state index in [2.05, 4.69) is 15.4 Å². The van der Waals surface area contributed by atoms with Crippen LogP contribution in [0.5, 0.6) is 0 Å². The number of halogens is 3. The number of aromatic nitrogens is 1. The molecule has 0 saturated heterocycles. The monoisotopic (exact) mass is 453 g/mol. The van der Waals surface area contributed by atoms with Gasteiger partial charge in [0, 0.05) is 11.9 Å². The molecule has 0 aliphatic carbocycles. The Morgan fingerprint density at radius 2 is 1.90 bits per heavy atom. The fourth-order valence-electron chi connectivity index (χ4n) is 3.18. The average molecular weight is 454 g/mol. The Morgan fingerprint density at radius 1 is 1.13 bits per heavy atom. The highest BCUT2D eigenvalue weighted by Crippen LogP contribution is 2.29. The Balaban J connectivity index is 1.64. The summed E-state index contributed by atoms with van der Waals surface area (Å²) in [5, 5.41) is 18.2. The molecule has 1 atom stereocenters. The predicted octanol–water partition coefficient (Wildman–Crippen LogP) is 5.43. The molecule has 0 fully saturated rings. The molecular formula is C22H14Cl2FN5O. The van der Waals surface area contributed by atoms with Gasteiger partial charge in [0.25, 0.3) is 0 Å². The van der Waals surface area contributed by atoms with Crippen LogP contribution in [0.25, 0.3) is 0 Å². The highest BCUT2D eigenvalue weighted by atomic mass is 35.5. The van der Waals surface area contributed by atoms with Gasteiger partial charge in [-0.2, -0.15) is 10.4 Å². The van der Waals surface area contributed by atoms with Gasteiger partial charge in [-0.05, 0) is 48.0 Å². The summed E-state index contributed by atoms with van der Waals surface area (Å²) >= 11 is 11.9. The number of carbonyl (C=O) groups excluding carboxylic acids is 1. The zero-order valence-corrected chi connectivity index (χ0v) is 17.4. The average Bonchev–Trinajstić information content (AvgIpc) is 3.22. The Morgan fingerprint density at radius 3 is 2.55 bits per heavy atom. The van der Waals surface area contributed by atoms with E-state index in [1.54, 1.807) is 42.5 Å². The first-order valence-electron chi connectivity index (χ1n) is 9.18. The number of benzene rings is 2. The maximum absolute atomic E-state index is 13.4. The summed E-state index contributed by atoms with van der Waals surface area (Å²) < 4.78 is 13.4. The molecule has 6 nitrogen and oxygen atoms in total. The minimum Gasteiger partial charge on any atom is -0.306 e. The van der Waals surface area contributed by atoms with Crippen molar-refractivity contribution in [2.75, 3.05) is 11.9 Å².